The van der Waals surface area contributed by atoms with E-state index in [2.05, 4.69) is 5.32 Å². The lowest BCUT2D eigenvalue weighted by Crippen LogP contribution is -2.56. The number of aliphatic hydroxyl groups excluding tert-OH is 3. The number of aliphatic hydroxyl groups is 3. The highest BCUT2D eigenvalue weighted by Crippen LogP contribution is 2.51. The van der Waals surface area contributed by atoms with Gasteiger partial charge >= 0.3 is 0 Å². The number of halogens is 1. The molecule has 4 atom stereocenters. The van der Waals surface area contributed by atoms with Crippen LogP contribution in [0.3, 0.4) is 0 Å². The van der Waals surface area contributed by atoms with E-state index in [0.717, 1.165) is 6.42 Å². The summed E-state index contributed by atoms with van der Waals surface area (Å²) in [5, 5.41) is 33.5. The van der Waals surface area contributed by atoms with Crippen molar-refractivity contribution in [3.05, 3.63) is 70.6 Å². The van der Waals surface area contributed by atoms with Crippen molar-refractivity contribution in [2.24, 2.45) is 5.92 Å². The number of hydrogen-bond donors (Lipinski definition) is 4. The van der Waals surface area contributed by atoms with Gasteiger partial charge in [0.2, 0.25) is 11.8 Å². The maximum absolute atomic E-state index is 14.7. The fraction of sp³-hybridized carbons (Fsp3) is 0.448. The number of carbonyl (C=O) groups excluding carboxylic acids is 2. The highest BCUT2D eigenvalue weighted by molar-refractivity contribution is 5.96. The molecule has 0 aromatic heterocycles. The lowest BCUT2D eigenvalue weighted by molar-refractivity contribution is -0.145. The molecule has 1 aliphatic heterocycles. The van der Waals surface area contributed by atoms with Crippen LogP contribution >= 0.6 is 0 Å². The van der Waals surface area contributed by atoms with E-state index in [-0.39, 0.29) is 43.7 Å². The van der Waals surface area contributed by atoms with Crippen molar-refractivity contribution < 1.29 is 38.8 Å². The minimum atomic E-state index is -1.25. The number of hydrogen-bond acceptors (Lipinski definition) is 7. The molecule has 3 aliphatic rings. The van der Waals surface area contributed by atoms with Crippen LogP contribution in [-0.4, -0.2) is 70.5 Å². The van der Waals surface area contributed by atoms with Crippen molar-refractivity contribution in [2.75, 3.05) is 20.3 Å². The van der Waals surface area contributed by atoms with Crippen molar-refractivity contribution in [1.82, 2.24) is 10.2 Å². The van der Waals surface area contributed by atoms with E-state index in [9.17, 15) is 29.3 Å². The van der Waals surface area contributed by atoms with E-state index in [1.54, 1.807) is 36.4 Å². The largest absolute Gasteiger partial charge is 0.493 e. The number of methoxy groups -OCH3 is 1. The maximum Gasteiger partial charge on any atom is 0.247 e. The summed E-state index contributed by atoms with van der Waals surface area (Å²) >= 11 is 0. The summed E-state index contributed by atoms with van der Waals surface area (Å²) in [6.45, 7) is -0.620. The fourth-order valence-corrected chi connectivity index (χ4v) is 5.65. The van der Waals surface area contributed by atoms with Crippen LogP contribution in [0, 0.1) is 11.7 Å². The summed E-state index contributed by atoms with van der Waals surface area (Å²) < 4.78 is 26.4. The monoisotopic (exact) mass is 540 g/mol. The summed E-state index contributed by atoms with van der Waals surface area (Å²) in [6, 6.07) is 8.52. The first-order chi connectivity index (χ1) is 18.9. The van der Waals surface area contributed by atoms with Crippen LogP contribution in [0.5, 0.6) is 11.5 Å². The van der Waals surface area contributed by atoms with E-state index in [1.165, 1.54) is 18.1 Å². The molecular weight excluding hydrogens is 507 g/mol. The zero-order valence-corrected chi connectivity index (χ0v) is 21.7. The van der Waals surface area contributed by atoms with Gasteiger partial charge in [0.25, 0.3) is 0 Å². The number of benzene rings is 2. The minimum absolute atomic E-state index is 0.00837. The summed E-state index contributed by atoms with van der Waals surface area (Å²) in [6.07, 6.45) is 1.68. The zero-order valence-electron chi connectivity index (χ0n) is 21.7. The predicted octanol–water partition coefficient (Wildman–Crippen LogP) is 1.78. The molecule has 2 aliphatic carbocycles. The van der Waals surface area contributed by atoms with Crippen molar-refractivity contribution in [2.45, 2.75) is 56.6 Å². The van der Waals surface area contributed by atoms with Gasteiger partial charge in [0.15, 0.2) is 11.5 Å². The molecule has 0 radical (unpaired) electrons. The van der Waals surface area contributed by atoms with Gasteiger partial charge in [-0.25, -0.2) is 4.39 Å². The molecule has 208 valence electrons. The summed E-state index contributed by atoms with van der Waals surface area (Å²) in [5.74, 6) is -1.44. The Morgan fingerprint density at radius 1 is 1.21 bits per heavy atom. The molecule has 4 N–H and O–H groups in total. The lowest BCUT2D eigenvalue weighted by atomic mass is 9.76. The third-order valence-corrected chi connectivity index (χ3v) is 7.89. The summed E-state index contributed by atoms with van der Waals surface area (Å²) in [5.41, 5.74) is 1.66. The van der Waals surface area contributed by atoms with E-state index < -0.39 is 35.9 Å². The highest BCUT2D eigenvalue weighted by Gasteiger charge is 2.52. The molecule has 1 heterocycles. The smallest absolute Gasteiger partial charge is 0.247 e. The van der Waals surface area contributed by atoms with Crippen molar-refractivity contribution >= 4 is 11.8 Å². The topological polar surface area (TPSA) is 129 Å². The maximum atomic E-state index is 14.7. The molecule has 0 spiro atoms. The van der Waals surface area contributed by atoms with Gasteiger partial charge < -0.3 is 35.0 Å². The second-order valence-electron chi connectivity index (χ2n) is 10.2. The number of ether oxygens (including phenoxy) is 2. The quantitative estimate of drug-likeness (QED) is 0.382. The second-order valence-corrected chi connectivity index (χ2v) is 10.2. The van der Waals surface area contributed by atoms with Crippen molar-refractivity contribution in [1.29, 1.82) is 0 Å². The van der Waals surface area contributed by atoms with Gasteiger partial charge in [-0.2, -0.15) is 0 Å². The van der Waals surface area contributed by atoms with Gasteiger partial charge in [-0.3, -0.25) is 9.59 Å². The molecule has 9 nitrogen and oxygen atoms in total. The third-order valence-electron chi connectivity index (χ3n) is 7.89. The van der Waals surface area contributed by atoms with Gasteiger partial charge in [-0.05, 0) is 42.7 Å². The van der Waals surface area contributed by atoms with Crippen LogP contribution in [0.1, 0.15) is 41.9 Å². The standard InChI is InChI=1S/C29H33FN2O7/c1-38-23-12-16(15-34)11-19-24-20(28(36)31-9-10-33)13-22(25(35)27(24)39-26(19)23)32(29(37)17-6-4-7-17)14-18-5-2-3-8-21(18)30/h2-3,5,8,11-13,17,22,24-25,27,33-35H,4,6-7,9-10,14-15H2,1H3,(H,31,36)/t22-,24+,25+,27+/m1/s1. The SMILES string of the molecule is COc1cc(CO)cc2c1O[C@@H]1[C@@H](O)[C@H](N(Cc3ccccc3F)C(=O)C3CCC3)C=C(C(=O)NCCO)[C@H]21. The molecule has 0 bridgehead atoms. The second kappa shape index (κ2) is 11.3. The van der Waals surface area contributed by atoms with E-state index in [4.69, 9.17) is 9.47 Å². The van der Waals surface area contributed by atoms with Crippen molar-refractivity contribution in [3.8, 4) is 11.5 Å². The van der Waals surface area contributed by atoms with Crippen LogP contribution in [-0.2, 0) is 22.7 Å². The molecule has 0 unspecified atom stereocenters. The Morgan fingerprint density at radius 2 is 1.97 bits per heavy atom. The van der Waals surface area contributed by atoms with E-state index >= 15 is 0 Å². The van der Waals surface area contributed by atoms with E-state index in [0.29, 0.717) is 41.0 Å². The van der Waals surface area contributed by atoms with Crippen LogP contribution in [0.2, 0.25) is 0 Å². The van der Waals surface area contributed by atoms with Gasteiger partial charge in [-0.15, -0.1) is 0 Å². The molecule has 2 amide bonds. The Bertz CT molecular complexity index is 1280. The Balaban J connectivity index is 1.60. The van der Waals surface area contributed by atoms with Crippen LogP contribution in [0.4, 0.5) is 4.39 Å². The van der Waals surface area contributed by atoms with Crippen molar-refractivity contribution in [3.63, 3.8) is 0 Å². The first-order valence-electron chi connectivity index (χ1n) is 13.2. The molecule has 5 rings (SSSR count). The fourth-order valence-electron chi connectivity index (χ4n) is 5.65. The molecule has 10 heteroatoms. The number of fused-ring (bicyclic) bond motifs is 3. The summed E-state index contributed by atoms with van der Waals surface area (Å²) in [7, 11) is 1.46. The van der Waals surface area contributed by atoms with Crippen LogP contribution in [0.25, 0.3) is 0 Å². The number of carbonyl (C=O) groups is 2. The average Bonchev–Trinajstić information content (AvgIpc) is 3.30. The normalized spacial score (nSPS) is 23.6. The summed E-state index contributed by atoms with van der Waals surface area (Å²) in [4.78, 5) is 28.5. The molecule has 2 aromatic carbocycles. The van der Waals surface area contributed by atoms with Crippen LogP contribution < -0.4 is 14.8 Å². The highest BCUT2D eigenvalue weighted by atomic mass is 19.1. The Hall–Kier alpha value is -3.47. The number of amides is 2. The van der Waals surface area contributed by atoms with Gasteiger partial charge in [0.05, 0.1) is 32.3 Å². The first-order valence-corrected chi connectivity index (χ1v) is 13.2. The third kappa shape index (κ3) is 4.99. The Morgan fingerprint density at radius 3 is 2.62 bits per heavy atom. The molecule has 1 saturated carbocycles. The van der Waals surface area contributed by atoms with Crippen LogP contribution in [0.15, 0.2) is 48.0 Å². The molecule has 39 heavy (non-hydrogen) atoms. The minimum Gasteiger partial charge on any atom is -0.493 e. The molecule has 2 aromatic rings. The lowest BCUT2D eigenvalue weighted by Gasteiger charge is -2.42. The van der Waals surface area contributed by atoms with Gasteiger partial charge in [-0.1, -0.05) is 24.6 Å². The molecular formula is C29H33FN2O7. The van der Waals surface area contributed by atoms with E-state index in [1.807, 2.05) is 0 Å². The van der Waals surface area contributed by atoms with Gasteiger partial charge in [0.1, 0.15) is 18.0 Å². The zero-order chi connectivity index (χ0) is 27.7. The molecule has 0 saturated heterocycles. The number of rotatable bonds is 9. The average molecular weight is 541 g/mol. The Labute approximate surface area is 225 Å². The predicted molar refractivity (Wildman–Crippen MR) is 138 cm³/mol. The first kappa shape index (κ1) is 27.1. The number of nitrogens with zero attached hydrogens (tertiary/aromatic N) is 1. The molecule has 1 fully saturated rings. The van der Waals surface area contributed by atoms with Gasteiger partial charge in [0, 0.05) is 35.7 Å². The Kier molecular flexibility index (Phi) is 7.88. The number of nitrogens with one attached hydrogen (secondary N) is 1.